The molecule has 0 unspecified atom stereocenters. The van der Waals surface area contributed by atoms with E-state index in [0.717, 1.165) is 18.8 Å². The monoisotopic (exact) mass is 332 g/mol. The van der Waals surface area contributed by atoms with Gasteiger partial charge >= 0.3 is 0 Å². The van der Waals surface area contributed by atoms with Crippen molar-refractivity contribution in [2.75, 3.05) is 6.61 Å². The van der Waals surface area contributed by atoms with Gasteiger partial charge in [-0.15, -0.1) is 0 Å². The smallest absolute Gasteiger partial charge is 0.250 e. The van der Waals surface area contributed by atoms with Gasteiger partial charge in [0.25, 0.3) is 0 Å². The zero-order valence-electron chi connectivity index (χ0n) is 15.2. The fraction of sp³-hybridized carbons (Fsp3) is 0.500. The molecule has 0 bridgehead atoms. The first kappa shape index (κ1) is 19.7. The topological polar surface area (TPSA) is 18.5 Å². The first-order chi connectivity index (χ1) is 11.2. The van der Waals surface area contributed by atoms with E-state index in [4.69, 9.17) is 9.16 Å². The van der Waals surface area contributed by atoms with E-state index in [9.17, 15) is 0 Å². The largest absolute Gasteiger partial charge is 0.544 e. The van der Waals surface area contributed by atoms with Crippen LogP contribution in [0.1, 0.15) is 39.7 Å². The second-order valence-electron chi connectivity index (χ2n) is 5.77. The van der Waals surface area contributed by atoms with Crippen LogP contribution in [0.5, 0.6) is 0 Å². The van der Waals surface area contributed by atoms with Crippen LogP contribution in [-0.2, 0) is 15.8 Å². The summed E-state index contributed by atoms with van der Waals surface area (Å²) in [6.45, 7) is 10.2. The van der Waals surface area contributed by atoms with Gasteiger partial charge in [-0.3, -0.25) is 0 Å². The molecule has 0 spiro atoms. The Morgan fingerprint density at radius 1 is 1.04 bits per heavy atom. The number of ether oxygens (including phenoxy) is 1. The highest BCUT2D eigenvalue weighted by Gasteiger charge is 2.30. The molecule has 0 heterocycles. The van der Waals surface area contributed by atoms with E-state index in [1.807, 2.05) is 25.1 Å². The van der Waals surface area contributed by atoms with Gasteiger partial charge in [-0.2, -0.15) is 0 Å². The predicted octanol–water partition coefficient (Wildman–Crippen LogP) is 6.08. The molecule has 0 saturated heterocycles. The van der Waals surface area contributed by atoms with Crippen molar-refractivity contribution in [3.05, 3.63) is 59.9 Å². The van der Waals surface area contributed by atoms with Gasteiger partial charge in [0.1, 0.15) is 0 Å². The van der Waals surface area contributed by atoms with Gasteiger partial charge in [0.05, 0.1) is 19.0 Å². The molecule has 1 rings (SSSR count). The van der Waals surface area contributed by atoms with Crippen LogP contribution >= 0.6 is 0 Å². The highest BCUT2D eigenvalue weighted by molar-refractivity contribution is 6.73. The van der Waals surface area contributed by atoms with Crippen molar-refractivity contribution in [1.82, 2.24) is 0 Å². The minimum atomic E-state index is -1.57. The zero-order chi connectivity index (χ0) is 17.0. The molecule has 0 amide bonds. The van der Waals surface area contributed by atoms with Crippen molar-refractivity contribution >= 4 is 8.32 Å². The summed E-state index contributed by atoms with van der Waals surface area (Å²) in [4.78, 5) is 0. The van der Waals surface area contributed by atoms with E-state index in [1.54, 1.807) is 0 Å². The average Bonchev–Trinajstić information content (AvgIpc) is 2.62. The first-order valence-corrected chi connectivity index (χ1v) is 11.4. The molecule has 0 fully saturated rings. The molecule has 0 aliphatic heterocycles. The lowest BCUT2D eigenvalue weighted by Crippen LogP contribution is -2.35. The minimum absolute atomic E-state index is 0.680. The van der Waals surface area contributed by atoms with Gasteiger partial charge in [-0.1, -0.05) is 57.2 Å². The standard InChI is InChI=1S/C20H32O2Si/c1-5-20(22-23(6-2,7-3)8-4)16-12-13-17-21-18-19-14-10-9-11-15-19/h5,9-12,14-16H,6-8,13,17-18H2,1-4H3/b16-12+,20-5-. The summed E-state index contributed by atoms with van der Waals surface area (Å²) in [5.41, 5.74) is 1.22. The number of hydrogen-bond donors (Lipinski definition) is 0. The summed E-state index contributed by atoms with van der Waals surface area (Å²) in [5.74, 6) is 1.02. The lowest BCUT2D eigenvalue weighted by Gasteiger charge is -2.29. The molecule has 23 heavy (non-hydrogen) atoms. The molecule has 0 N–H and O–H groups in total. The molecule has 1 aromatic rings. The minimum Gasteiger partial charge on any atom is -0.544 e. The van der Waals surface area contributed by atoms with Crippen LogP contribution < -0.4 is 0 Å². The van der Waals surface area contributed by atoms with Crippen LogP contribution in [0.15, 0.2) is 54.3 Å². The Labute approximate surface area is 143 Å². The Morgan fingerprint density at radius 2 is 1.70 bits per heavy atom. The van der Waals surface area contributed by atoms with Gasteiger partial charge in [0.15, 0.2) is 0 Å². The summed E-state index contributed by atoms with van der Waals surface area (Å²) in [6.07, 6.45) is 7.24. The van der Waals surface area contributed by atoms with E-state index < -0.39 is 8.32 Å². The summed E-state index contributed by atoms with van der Waals surface area (Å²) in [6, 6.07) is 13.8. The van der Waals surface area contributed by atoms with E-state index in [2.05, 4.69) is 51.1 Å². The Balaban J connectivity index is 2.34. The molecular formula is C20H32O2Si. The van der Waals surface area contributed by atoms with Crippen LogP contribution in [0.3, 0.4) is 0 Å². The van der Waals surface area contributed by atoms with Gasteiger partial charge < -0.3 is 9.16 Å². The molecule has 3 heteroatoms. The van der Waals surface area contributed by atoms with Crippen molar-refractivity contribution < 1.29 is 9.16 Å². The maximum atomic E-state index is 6.38. The highest BCUT2D eigenvalue weighted by atomic mass is 28.4. The number of allylic oxidation sites excluding steroid dienone is 2. The molecule has 0 radical (unpaired) electrons. The molecule has 0 aliphatic rings. The van der Waals surface area contributed by atoms with Gasteiger partial charge in [-0.25, -0.2) is 0 Å². The fourth-order valence-corrected chi connectivity index (χ4v) is 5.14. The van der Waals surface area contributed by atoms with E-state index in [-0.39, 0.29) is 0 Å². The van der Waals surface area contributed by atoms with Crippen LogP contribution in [0, 0.1) is 0 Å². The Bertz CT molecular complexity index is 467. The second kappa shape index (κ2) is 11.2. The number of rotatable bonds is 11. The molecule has 128 valence electrons. The normalized spacial score (nSPS) is 12.8. The lowest BCUT2D eigenvalue weighted by molar-refractivity contribution is 0.125. The van der Waals surface area contributed by atoms with E-state index in [1.165, 1.54) is 23.7 Å². The molecule has 0 aliphatic carbocycles. The fourth-order valence-electron chi connectivity index (χ4n) is 2.52. The van der Waals surface area contributed by atoms with Crippen molar-refractivity contribution in [1.29, 1.82) is 0 Å². The van der Waals surface area contributed by atoms with E-state index in [0.29, 0.717) is 6.61 Å². The quantitative estimate of drug-likeness (QED) is 0.212. The maximum absolute atomic E-state index is 6.38. The third kappa shape index (κ3) is 7.19. The number of hydrogen-bond acceptors (Lipinski definition) is 2. The SMILES string of the molecule is C/C=C(/C=C/CCOCc1ccccc1)O[Si](CC)(CC)CC. The molecule has 2 nitrogen and oxygen atoms in total. The summed E-state index contributed by atoms with van der Waals surface area (Å²) < 4.78 is 12.1. The summed E-state index contributed by atoms with van der Waals surface area (Å²) in [5, 5.41) is 0. The first-order valence-electron chi connectivity index (χ1n) is 8.83. The van der Waals surface area contributed by atoms with Crippen molar-refractivity contribution in [2.45, 2.75) is 58.9 Å². The van der Waals surface area contributed by atoms with Crippen molar-refractivity contribution in [3.8, 4) is 0 Å². The number of benzene rings is 1. The zero-order valence-corrected chi connectivity index (χ0v) is 16.2. The average molecular weight is 333 g/mol. The molecular weight excluding hydrogens is 300 g/mol. The molecule has 0 saturated carbocycles. The van der Waals surface area contributed by atoms with Crippen LogP contribution in [-0.4, -0.2) is 14.9 Å². The summed E-state index contributed by atoms with van der Waals surface area (Å²) in [7, 11) is -1.57. The maximum Gasteiger partial charge on any atom is 0.250 e. The third-order valence-electron chi connectivity index (χ3n) is 4.37. The summed E-state index contributed by atoms with van der Waals surface area (Å²) >= 11 is 0. The van der Waals surface area contributed by atoms with Gasteiger partial charge in [0.2, 0.25) is 8.32 Å². The van der Waals surface area contributed by atoms with Crippen molar-refractivity contribution in [2.24, 2.45) is 0 Å². The lowest BCUT2D eigenvalue weighted by atomic mass is 10.2. The predicted molar refractivity (Wildman–Crippen MR) is 102 cm³/mol. The van der Waals surface area contributed by atoms with Crippen LogP contribution in [0.4, 0.5) is 0 Å². The van der Waals surface area contributed by atoms with Crippen LogP contribution in [0.2, 0.25) is 18.1 Å². The Hall–Kier alpha value is -1.32. The van der Waals surface area contributed by atoms with Gasteiger partial charge in [-0.05, 0) is 49.2 Å². The second-order valence-corrected chi connectivity index (χ2v) is 10.5. The van der Waals surface area contributed by atoms with Crippen LogP contribution in [0.25, 0.3) is 0 Å². The van der Waals surface area contributed by atoms with Crippen molar-refractivity contribution in [3.63, 3.8) is 0 Å². The van der Waals surface area contributed by atoms with Gasteiger partial charge in [0, 0.05) is 0 Å². The molecule has 1 aromatic carbocycles. The third-order valence-corrected chi connectivity index (χ3v) is 8.91. The highest BCUT2D eigenvalue weighted by Crippen LogP contribution is 2.25. The Kier molecular flexibility index (Phi) is 9.65. The van der Waals surface area contributed by atoms with E-state index >= 15 is 0 Å². The molecule has 0 atom stereocenters. The molecule has 0 aromatic heterocycles. The Morgan fingerprint density at radius 3 is 2.26 bits per heavy atom.